The number of nitrogens with zero attached hydrogens (tertiary/aromatic N) is 5. The van der Waals surface area contributed by atoms with Gasteiger partial charge in [-0.15, -0.1) is 16.4 Å². The Hall–Kier alpha value is -3.26. The third-order valence-corrected chi connectivity index (χ3v) is 5.13. The van der Waals surface area contributed by atoms with Crippen molar-refractivity contribution < 1.29 is 4.79 Å². The second kappa shape index (κ2) is 7.29. The molecular formula is C21H22N6OS. The van der Waals surface area contributed by atoms with Crippen molar-refractivity contribution >= 4 is 23.1 Å². The molecule has 8 heteroatoms. The molecule has 0 aliphatic rings. The number of thiophene rings is 1. The van der Waals surface area contributed by atoms with E-state index >= 15 is 0 Å². The Morgan fingerprint density at radius 2 is 1.83 bits per heavy atom. The average Bonchev–Trinajstić information content (AvgIpc) is 3.40. The van der Waals surface area contributed by atoms with Crippen molar-refractivity contribution in [2.75, 3.05) is 5.32 Å². The van der Waals surface area contributed by atoms with Crippen molar-refractivity contribution in [1.82, 2.24) is 24.5 Å². The van der Waals surface area contributed by atoms with Gasteiger partial charge in [-0.25, -0.2) is 14.3 Å². The van der Waals surface area contributed by atoms with E-state index in [1.165, 1.54) is 0 Å². The quantitative estimate of drug-likeness (QED) is 0.541. The first kappa shape index (κ1) is 19.1. The number of carbonyl (C=O) groups is 1. The highest BCUT2D eigenvalue weighted by Crippen LogP contribution is 2.26. The number of hydrogen-bond donors (Lipinski definition) is 1. The van der Waals surface area contributed by atoms with Crippen LogP contribution in [0.1, 0.15) is 37.1 Å². The van der Waals surface area contributed by atoms with Gasteiger partial charge in [0.2, 0.25) is 5.82 Å². The molecule has 3 heterocycles. The lowest BCUT2D eigenvalue weighted by Gasteiger charge is -2.22. The molecule has 0 aliphatic carbocycles. The molecule has 0 fully saturated rings. The van der Waals surface area contributed by atoms with Gasteiger partial charge in [-0.1, -0.05) is 24.3 Å². The highest BCUT2D eigenvalue weighted by atomic mass is 32.1. The number of aromatic nitrogens is 5. The predicted molar refractivity (Wildman–Crippen MR) is 115 cm³/mol. The second-order valence-corrected chi connectivity index (χ2v) is 8.64. The molecule has 0 saturated heterocycles. The minimum absolute atomic E-state index is 0.108. The van der Waals surface area contributed by atoms with Crippen LogP contribution >= 0.6 is 11.3 Å². The SMILES string of the molecule is Cc1cc(NC(=O)c2nc(-c3cccs3)n(-c3ccccc3)n2)n(C(C)(C)C)n1. The minimum atomic E-state index is -0.372. The molecule has 0 unspecified atom stereocenters. The Kier molecular flexibility index (Phi) is 4.79. The van der Waals surface area contributed by atoms with Crippen LogP contribution in [0.25, 0.3) is 16.4 Å². The summed E-state index contributed by atoms with van der Waals surface area (Å²) in [4.78, 5) is 18.5. The van der Waals surface area contributed by atoms with E-state index < -0.39 is 0 Å². The lowest BCUT2D eigenvalue weighted by Crippen LogP contribution is -2.27. The summed E-state index contributed by atoms with van der Waals surface area (Å²) in [6.07, 6.45) is 0. The molecule has 1 aromatic carbocycles. The second-order valence-electron chi connectivity index (χ2n) is 7.69. The van der Waals surface area contributed by atoms with Crippen LogP contribution in [0.5, 0.6) is 0 Å². The van der Waals surface area contributed by atoms with Gasteiger partial charge in [-0.3, -0.25) is 4.79 Å². The van der Waals surface area contributed by atoms with E-state index in [9.17, 15) is 4.79 Å². The van der Waals surface area contributed by atoms with E-state index in [4.69, 9.17) is 0 Å². The highest BCUT2D eigenvalue weighted by molar-refractivity contribution is 7.13. The highest BCUT2D eigenvalue weighted by Gasteiger charge is 2.23. The molecule has 4 rings (SSSR count). The Bertz CT molecular complexity index is 1140. The third-order valence-electron chi connectivity index (χ3n) is 4.26. The van der Waals surface area contributed by atoms with Crippen LogP contribution in [-0.2, 0) is 5.54 Å². The van der Waals surface area contributed by atoms with E-state index in [0.29, 0.717) is 11.6 Å². The average molecular weight is 407 g/mol. The number of carbonyl (C=O) groups excluding carboxylic acids is 1. The molecule has 1 N–H and O–H groups in total. The molecule has 4 aromatic rings. The predicted octanol–water partition coefficient (Wildman–Crippen LogP) is 4.51. The number of benzene rings is 1. The molecular weight excluding hydrogens is 384 g/mol. The maximum absolute atomic E-state index is 13.0. The maximum Gasteiger partial charge on any atom is 0.296 e. The van der Waals surface area contributed by atoms with Gasteiger partial charge in [0, 0.05) is 6.07 Å². The van der Waals surface area contributed by atoms with E-state index in [1.54, 1.807) is 20.7 Å². The molecule has 0 spiro atoms. The first-order valence-electron chi connectivity index (χ1n) is 9.28. The molecule has 0 bridgehead atoms. The first-order chi connectivity index (χ1) is 13.8. The summed E-state index contributed by atoms with van der Waals surface area (Å²) in [6.45, 7) is 8.00. The van der Waals surface area contributed by atoms with Gasteiger partial charge in [0.05, 0.1) is 21.8 Å². The Morgan fingerprint density at radius 1 is 1.07 bits per heavy atom. The first-order valence-corrected chi connectivity index (χ1v) is 10.2. The van der Waals surface area contributed by atoms with Crippen LogP contribution in [0.15, 0.2) is 53.9 Å². The van der Waals surface area contributed by atoms with Gasteiger partial charge in [0.15, 0.2) is 5.82 Å². The van der Waals surface area contributed by atoms with E-state index in [-0.39, 0.29) is 17.3 Å². The zero-order valence-corrected chi connectivity index (χ0v) is 17.6. The number of aryl methyl sites for hydroxylation is 1. The van der Waals surface area contributed by atoms with E-state index in [0.717, 1.165) is 16.3 Å². The van der Waals surface area contributed by atoms with E-state index in [2.05, 4.69) is 20.5 Å². The number of hydrogen-bond acceptors (Lipinski definition) is 5. The Morgan fingerprint density at radius 3 is 2.48 bits per heavy atom. The normalized spacial score (nSPS) is 11.6. The van der Waals surface area contributed by atoms with Gasteiger partial charge in [0.1, 0.15) is 5.82 Å². The smallest absolute Gasteiger partial charge is 0.296 e. The van der Waals surface area contributed by atoms with Crippen molar-refractivity contribution in [3.63, 3.8) is 0 Å². The lowest BCUT2D eigenvalue weighted by molar-refractivity contribution is 0.101. The van der Waals surface area contributed by atoms with Crippen molar-refractivity contribution in [3.8, 4) is 16.4 Å². The summed E-state index contributed by atoms with van der Waals surface area (Å²) >= 11 is 1.55. The summed E-state index contributed by atoms with van der Waals surface area (Å²) in [6, 6.07) is 15.4. The zero-order chi connectivity index (χ0) is 20.6. The van der Waals surface area contributed by atoms with Crippen molar-refractivity contribution in [1.29, 1.82) is 0 Å². The largest absolute Gasteiger partial charge is 0.304 e. The van der Waals surface area contributed by atoms with Gasteiger partial charge >= 0.3 is 0 Å². The van der Waals surface area contributed by atoms with Crippen LogP contribution in [0.3, 0.4) is 0 Å². The molecule has 1 amide bonds. The summed E-state index contributed by atoms with van der Waals surface area (Å²) in [7, 11) is 0. The molecule has 7 nitrogen and oxygen atoms in total. The minimum Gasteiger partial charge on any atom is -0.304 e. The Balaban J connectivity index is 1.72. The van der Waals surface area contributed by atoms with Crippen LogP contribution in [0, 0.1) is 6.92 Å². The fourth-order valence-electron chi connectivity index (χ4n) is 2.99. The number of amides is 1. The maximum atomic E-state index is 13.0. The number of nitrogens with one attached hydrogen (secondary N) is 1. The summed E-state index contributed by atoms with van der Waals surface area (Å²) < 4.78 is 3.50. The molecule has 29 heavy (non-hydrogen) atoms. The topological polar surface area (TPSA) is 77.6 Å². The fraction of sp³-hybridized carbons (Fsp3) is 0.238. The van der Waals surface area contributed by atoms with Gasteiger partial charge in [-0.05, 0) is 51.3 Å². The fourth-order valence-corrected chi connectivity index (χ4v) is 3.69. The molecule has 3 aromatic heterocycles. The molecule has 0 radical (unpaired) electrons. The summed E-state index contributed by atoms with van der Waals surface area (Å²) in [5, 5.41) is 13.9. The number of rotatable bonds is 4. The van der Waals surface area contributed by atoms with Crippen LogP contribution in [-0.4, -0.2) is 30.5 Å². The molecule has 148 valence electrons. The lowest BCUT2D eigenvalue weighted by atomic mass is 10.1. The van der Waals surface area contributed by atoms with Crippen molar-refractivity contribution in [2.24, 2.45) is 0 Å². The summed E-state index contributed by atoms with van der Waals surface area (Å²) in [5.74, 6) is 0.991. The van der Waals surface area contributed by atoms with Crippen LogP contribution < -0.4 is 5.32 Å². The van der Waals surface area contributed by atoms with Crippen LogP contribution in [0.4, 0.5) is 5.82 Å². The van der Waals surface area contributed by atoms with Gasteiger partial charge in [0.25, 0.3) is 5.91 Å². The van der Waals surface area contributed by atoms with E-state index in [1.807, 2.05) is 81.6 Å². The summed E-state index contributed by atoms with van der Waals surface area (Å²) in [5.41, 5.74) is 1.41. The molecule has 0 saturated carbocycles. The van der Waals surface area contributed by atoms with Gasteiger partial charge in [-0.2, -0.15) is 5.10 Å². The molecule has 0 atom stereocenters. The third kappa shape index (κ3) is 3.84. The number of anilines is 1. The molecule has 0 aliphatic heterocycles. The van der Waals surface area contributed by atoms with Gasteiger partial charge < -0.3 is 5.32 Å². The van der Waals surface area contributed by atoms with Crippen LogP contribution in [0.2, 0.25) is 0 Å². The standard InChI is InChI=1S/C21H22N6OS/c1-14-13-17(27(24-14)21(2,3)4)22-20(28)18-23-19(16-11-8-12-29-16)26(25-18)15-9-6-5-7-10-15/h5-13H,1-4H3,(H,22,28). The van der Waals surface area contributed by atoms with Crippen molar-refractivity contribution in [2.45, 2.75) is 33.2 Å². The zero-order valence-electron chi connectivity index (χ0n) is 16.7. The van der Waals surface area contributed by atoms with Crippen molar-refractivity contribution in [3.05, 3.63) is 65.4 Å². The monoisotopic (exact) mass is 406 g/mol. The Labute approximate surface area is 173 Å². The number of para-hydroxylation sites is 1.